The van der Waals surface area contributed by atoms with Gasteiger partial charge in [-0.25, -0.2) is 0 Å². The van der Waals surface area contributed by atoms with Gasteiger partial charge in [-0.3, -0.25) is 9.69 Å². The van der Waals surface area contributed by atoms with Crippen molar-refractivity contribution in [2.75, 3.05) is 33.3 Å². The zero-order valence-electron chi connectivity index (χ0n) is 16.2. The summed E-state index contributed by atoms with van der Waals surface area (Å²) in [6, 6.07) is 8.64. The molecule has 3 rings (SSSR count). The van der Waals surface area contributed by atoms with Crippen LogP contribution in [0.3, 0.4) is 0 Å². The molecule has 2 fully saturated rings. The molecule has 1 aromatic carbocycles. The van der Waals surface area contributed by atoms with Gasteiger partial charge in [0, 0.05) is 26.7 Å². The lowest BCUT2D eigenvalue weighted by Crippen LogP contribution is -2.53. The molecule has 1 unspecified atom stereocenters. The molecule has 2 saturated heterocycles. The van der Waals surface area contributed by atoms with Crippen LogP contribution in [0.2, 0.25) is 0 Å². The lowest BCUT2D eigenvalue weighted by molar-refractivity contribution is -0.146. The molecule has 0 aromatic heterocycles. The Bertz CT molecular complexity index is 581. The zero-order valence-corrected chi connectivity index (χ0v) is 16.2. The monoisotopic (exact) mass is 359 g/mol. The number of likely N-dealkylation sites (tertiary alicyclic amines) is 1. The molecule has 5 nitrogen and oxygen atoms in total. The van der Waals surface area contributed by atoms with Crippen molar-refractivity contribution in [1.29, 1.82) is 0 Å². The topological polar surface area (TPSA) is 53.6 Å². The van der Waals surface area contributed by atoms with Gasteiger partial charge in [0.05, 0.1) is 0 Å². The third-order valence-electron chi connectivity index (χ3n) is 5.84. The molecule has 26 heavy (non-hydrogen) atoms. The number of nitrogens with zero attached hydrogens (tertiary/aromatic N) is 1. The van der Waals surface area contributed by atoms with Crippen molar-refractivity contribution in [1.82, 2.24) is 15.5 Å². The summed E-state index contributed by atoms with van der Waals surface area (Å²) in [4.78, 5) is 15.2. The maximum Gasteiger partial charge on any atom is 0.252 e. The lowest BCUT2D eigenvalue weighted by atomic mass is 9.91. The van der Waals surface area contributed by atoms with Crippen LogP contribution < -0.4 is 10.6 Å². The molecule has 1 amide bonds. The van der Waals surface area contributed by atoms with E-state index in [1.165, 1.54) is 31.5 Å². The molecule has 2 aliphatic heterocycles. The molecular weight excluding hydrogens is 326 g/mol. The Balaban J connectivity index is 1.50. The van der Waals surface area contributed by atoms with Crippen molar-refractivity contribution in [2.24, 2.45) is 5.92 Å². The number of ether oxygens (including phenoxy) is 1. The van der Waals surface area contributed by atoms with Crippen molar-refractivity contribution < 1.29 is 9.53 Å². The van der Waals surface area contributed by atoms with E-state index in [1.807, 2.05) is 0 Å². The van der Waals surface area contributed by atoms with Gasteiger partial charge in [-0.05, 0) is 62.4 Å². The minimum absolute atomic E-state index is 0.00730. The molecule has 2 N–H and O–H groups in total. The number of hydrogen-bond donors (Lipinski definition) is 2. The fourth-order valence-electron chi connectivity index (χ4n) is 4.15. The van der Waals surface area contributed by atoms with Crippen LogP contribution in [0.5, 0.6) is 0 Å². The lowest BCUT2D eigenvalue weighted by Gasteiger charge is -2.34. The highest BCUT2D eigenvalue weighted by Gasteiger charge is 2.39. The van der Waals surface area contributed by atoms with Gasteiger partial charge in [-0.1, -0.05) is 31.2 Å². The molecule has 2 heterocycles. The van der Waals surface area contributed by atoms with Gasteiger partial charge in [0.25, 0.3) is 5.91 Å². The smallest absolute Gasteiger partial charge is 0.252 e. The second-order valence-corrected chi connectivity index (χ2v) is 7.93. The highest BCUT2D eigenvalue weighted by Crippen LogP contribution is 2.23. The van der Waals surface area contributed by atoms with Crippen molar-refractivity contribution in [3.8, 4) is 0 Å². The van der Waals surface area contributed by atoms with Crippen molar-refractivity contribution in [2.45, 2.75) is 51.3 Å². The van der Waals surface area contributed by atoms with Crippen LogP contribution in [0, 0.1) is 5.92 Å². The fraction of sp³-hybridized carbons (Fsp3) is 0.667. The Kier molecular flexibility index (Phi) is 6.68. The predicted octanol–water partition coefficient (Wildman–Crippen LogP) is 2.30. The average molecular weight is 360 g/mol. The van der Waals surface area contributed by atoms with E-state index < -0.39 is 5.60 Å². The average Bonchev–Trinajstić information content (AvgIpc) is 2.68. The third kappa shape index (κ3) is 4.84. The molecule has 2 aliphatic rings. The van der Waals surface area contributed by atoms with Gasteiger partial charge in [0.1, 0.15) is 5.60 Å². The zero-order chi connectivity index (χ0) is 18.4. The SMILES string of the molecule is COC1(C(=O)NCc2ccc(CN3CCCC(C)C3)cc2)CCNCC1. The summed E-state index contributed by atoms with van der Waals surface area (Å²) in [5.41, 5.74) is 1.81. The van der Waals surface area contributed by atoms with Gasteiger partial charge >= 0.3 is 0 Å². The summed E-state index contributed by atoms with van der Waals surface area (Å²) < 4.78 is 5.58. The van der Waals surface area contributed by atoms with E-state index in [0.717, 1.165) is 44.0 Å². The number of hydrogen-bond acceptors (Lipinski definition) is 4. The number of amides is 1. The molecule has 144 valence electrons. The van der Waals surface area contributed by atoms with Crippen LogP contribution in [0.25, 0.3) is 0 Å². The highest BCUT2D eigenvalue weighted by molar-refractivity contribution is 5.85. The summed E-state index contributed by atoms with van der Waals surface area (Å²) >= 11 is 0. The van der Waals surface area contributed by atoms with Gasteiger partial charge in [-0.2, -0.15) is 0 Å². The second-order valence-electron chi connectivity index (χ2n) is 7.93. The molecule has 0 bridgehead atoms. The van der Waals surface area contributed by atoms with Crippen LogP contribution in [0.4, 0.5) is 0 Å². The van der Waals surface area contributed by atoms with E-state index in [2.05, 4.69) is 46.7 Å². The number of carbonyl (C=O) groups is 1. The minimum atomic E-state index is -0.670. The first kappa shape index (κ1) is 19.3. The Morgan fingerprint density at radius 2 is 1.96 bits per heavy atom. The van der Waals surface area contributed by atoms with Gasteiger partial charge in [0.15, 0.2) is 0 Å². The normalized spacial score (nSPS) is 23.5. The summed E-state index contributed by atoms with van der Waals surface area (Å²) in [7, 11) is 1.64. The minimum Gasteiger partial charge on any atom is -0.368 e. The number of piperidine rings is 2. The number of carbonyl (C=O) groups excluding carboxylic acids is 1. The van der Waals surface area contributed by atoms with Gasteiger partial charge in [0.2, 0.25) is 0 Å². The Morgan fingerprint density at radius 3 is 2.62 bits per heavy atom. The third-order valence-corrected chi connectivity index (χ3v) is 5.84. The van der Waals surface area contributed by atoms with Gasteiger partial charge in [-0.15, -0.1) is 0 Å². The molecule has 1 atom stereocenters. The molecule has 0 saturated carbocycles. The Labute approximate surface area is 157 Å². The summed E-state index contributed by atoms with van der Waals surface area (Å²) in [6.45, 7) is 7.97. The number of benzene rings is 1. The summed E-state index contributed by atoms with van der Waals surface area (Å²) in [5, 5.41) is 6.35. The number of rotatable bonds is 6. The number of nitrogens with one attached hydrogen (secondary N) is 2. The molecule has 0 spiro atoms. The molecule has 0 radical (unpaired) electrons. The van der Waals surface area contributed by atoms with E-state index >= 15 is 0 Å². The van der Waals surface area contributed by atoms with Crippen LogP contribution in [-0.4, -0.2) is 49.7 Å². The maximum absolute atomic E-state index is 12.6. The predicted molar refractivity (Wildman–Crippen MR) is 104 cm³/mol. The Hall–Kier alpha value is -1.43. The van der Waals surface area contributed by atoms with Crippen molar-refractivity contribution in [3.63, 3.8) is 0 Å². The van der Waals surface area contributed by atoms with Crippen LogP contribution in [0.1, 0.15) is 43.7 Å². The maximum atomic E-state index is 12.6. The van der Waals surface area contributed by atoms with E-state index in [4.69, 9.17) is 4.74 Å². The largest absolute Gasteiger partial charge is 0.368 e. The van der Waals surface area contributed by atoms with Crippen LogP contribution >= 0.6 is 0 Å². The summed E-state index contributed by atoms with van der Waals surface area (Å²) in [5.74, 6) is 0.814. The van der Waals surface area contributed by atoms with E-state index in [1.54, 1.807) is 7.11 Å². The first-order chi connectivity index (χ1) is 12.6. The van der Waals surface area contributed by atoms with Crippen LogP contribution in [-0.2, 0) is 22.6 Å². The quantitative estimate of drug-likeness (QED) is 0.818. The first-order valence-electron chi connectivity index (χ1n) is 9.96. The summed E-state index contributed by atoms with van der Waals surface area (Å²) in [6.07, 6.45) is 4.11. The standard InChI is InChI=1S/C21H33N3O2/c1-17-4-3-13-24(15-17)16-19-7-5-18(6-8-19)14-23-20(25)21(26-2)9-11-22-12-10-21/h5-8,17,22H,3-4,9-16H2,1-2H3,(H,23,25). The second kappa shape index (κ2) is 8.98. The highest BCUT2D eigenvalue weighted by atomic mass is 16.5. The van der Waals surface area contributed by atoms with Gasteiger partial charge < -0.3 is 15.4 Å². The molecular formula is C21H33N3O2. The van der Waals surface area contributed by atoms with E-state index in [-0.39, 0.29) is 5.91 Å². The number of methoxy groups -OCH3 is 1. The fourth-order valence-corrected chi connectivity index (χ4v) is 4.15. The van der Waals surface area contributed by atoms with Crippen LogP contribution in [0.15, 0.2) is 24.3 Å². The first-order valence-corrected chi connectivity index (χ1v) is 9.96. The van der Waals surface area contributed by atoms with Crippen molar-refractivity contribution in [3.05, 3.63) is 35.4 Å². The molecule has 1 aromatic rings. The van der Waals surface area contributed by atoms with Crippen molar-refractivity contribution >= 4 is 5.91 Å². The molecule has 5 heteroatoms. The van der Waals surface area contributed by atoms with E-state index in [9.17, 15) is 4.79 Å². The van der Waals surface area contributed by atoms with E-state index in [0.29, 0.717) is 6.54 Å². The molecule has 0 aliphatic carbocycles. The Morgan fingerprint density at radius 1 is 1.27 bits per heavy atom.